The van der Waals surface area contributed by atoms with Crippen molar-refractivity contribution >= 4 is 49.6 Å². The number of anilines is 1. The lowest BCUT2D eigenvalue weighted by Gasteiger charge is -2.24. The van der Waals surface area contributed by atoms with Gasteiger partial charge in [-0.2, -0.15) is 22.5 Å². The van der Waals surface area contributed by atoms with E-state index in [1.165, 1.54) is 18.2 Å². The van der Waals surface area contributed by atoms with Gasteiger partial charge in [0.05, 0.1) is 16.5 Å². The lowest BCUT2D eigenvalue weighted by molar-refractivity contribution is -0.139. The Balaban J connectivity index is 1.69. The molecular weight excluding hydrogens is 475 g/mol. The molecule has 2 fully saturated rings. The fourth-order valence-electron chi connectivity index (χ4n) is 3.62. The second-order valence-corrected chi connectivity index (χ2v) is 11.4. The molecule has 1 aromatic carbocycles. The maximum absolute atomic E-state index is 13.7. The molecule has 168 valence electrons. The third kappa shape index (κ3) is 4.38. The number of carbonyl (C=O) groups excluding carboxylic acids is 1. The van der Waals surface area contributed by atoms with E-state index >= 15 is 0 Å². The Morgan fingerprint density at radius 2 is 2.06 bits per heavy atom. The molecular formula is C18H19ClF3N5O2S2. The minimum atomic E-state index is -4.68. The van der Waals surface area contributed by atoms with E-state index in [1.807, 2.05) is 0 Å². The molecule has 1 saturated heterocycles. The Hall–Kier alpha value is -1.89. The van der Waals surface area contributed by atoms with Gasteiger partial charge in [-0.1, -0.05) is 12.1 Å². The summed E-state index contributed by atoms with van der Waals surface area (Å²) in [5.74, 6) is 3.29. The monoisotopic (exact) mass is 493 g/mol. The van der Waals surface area contributed by atoms with E-state index in [4.69, 9.17) is 17.3 Å². The molecule has 7 nitrogen and oxygen atoms in total. The number of nitrogens with two attached hydrogens (primary N) is 1. The highest BCUT2D eigenvalue weighted by molar-refractivity contribution is 8.01. The molecule has 2 aromatic rings. The molecule has 31 heavy (non-hydrogen) atoms. The van der Waals surface area contributed by atoms with Gasteiger partial charge >= 0.3 is 6.18 Å². The second-order valence-electron chi connectivity index (χ2n) is 7.74. The predicted molar refractivity (Wildman–Crippen MR) is 114 cm³/mol. The van der Waals surface area contributed by atoms with Crippen molar-refractivity contribution < 1.29 is 22.2 Å². The molecule has 0 radical (unpaired) electrons. The first-order valence-electron chi connectivity index (χ1n) is 9.30. The molecule has 2 unspecified atom stereocenters. The highest BCUT2D eigenvalue weighted by Gasteiger charge is 2.47. The van der Waals surface area contributed by atoms with Gasteiger partial charge in [0.15, 0.2) is 0 Å². The van der Waals surface area contributed by atoms with Gasteiger partial charge in [0.2, 0.25) is 16.3 Å². The predicted octanol–water partition coefficient (Wildman–Crippen LogP) is 2.50. The normalized spacial score (nSPS) is 24.6. The number of nitrogens with one attached hydrogen (secondary N) is 1. The molecule has 2 aliphatic rings. The van der Waals surface area contributed by atoms with E-state index in [-0.39, 0.29) is 23.1 Å². The average Bonchev–Trinajstić information content (AvgIpc) is 3.09. The Morgan fingerprint density at radius 1 is 1.39 bits per heavy atom. The molecule has 1 aromatic heterocycles. The number of alkyl halides is 3. The smallest absolute Gasteiger partial charge is 0.336 e. The number of amides is 1. The van der Waals surface area contributed by atoms with Crippen LogP contribution in [0.15, 0.2) is 29.2 Å². The molecule has 13 heteroatoms. The van der Waals surface area contributed by atoms with Crippen molar-refractivity contribution in [3.63, 3.8) is 0 Å². The van der Waals surface area contributed by atoms with Gasteiger partial charge < -0.3 is 16.0 Å². The minimum Gasteiger partial charge on any atom is -0.336 e. The molecule has 1 aliphatic carbocycles. The molecule has 1 aliphatic heterocycles. The molecule has 1 saturated carbocycles. The van der Waals surface area contributed by atoms with Crippen molar-refractivity contribution in [3.8, 4) is 0 Å². The highest BCUT2D eigenvalue weighted by Crippen LogP contribution is 2.39. The van der Waals surface area contributed by atoms with Crippen LogP contribution in [0.5, 0.6) is 0 Å². The summed E-state index contributed by atoms with van der Waals surface area (Å²) in [7, 11) is -3.43. The van der Waals surface area contributed by atoms with Crippen LogP contribution in [0.1, 0.15) is 24.8 Å². The van der Waals surface area contributed by atoms with E-state index in [0.29, 0.717) is 18.0 Å². The topological polar surface area (TPSA) is 101 Å². The van der Waals surface area contributed by atoms with Gasteiger partial charge in [-0.3, -0.25) is 9.00 Å². The second kappa shape index (κ2) is 7.61. The van der Waals surface area contributed by atoms with Crippen LogP contribution in [0.25, 0.3) is 0 Å². The average molecular weight is 494 g/mol. The van der Waals surface area contributed by atoms with Gasteiger partial charge in [0.25, 0.3) is 0 Å². The van der Waals surface area contributed by atoms with E-state index < -0.39 is 44.1 Å². The van der Waals surface area contributed by atoms with Gasteiger partial charge in [-0.05, 0) is 48.9 Å². The van der Waals surface area contributed by atoms with Crippen LogP contribution in [-0.4, -0.2) is 48.8 Å². The van der Waals surface area contributed by atoms with Crippen LogP contribution in [0.3, 0.4) is 0 Å². The van der Waals surface area contributed by atoms with E-state index in [9.17, 15) is 22.2 Å². The van der Waals surface area contributed by atoms with Crippen LogP contribution in [-0.2, 0) is 20.5 Å². The summed E-state index contributed by atoms with van der Waals surface area (Å²) >= 11 is 6.77. The Bertz CT molecular complexity index is 1120. The first-order chi connectivity index (χ1) is 14.4. The SMILES string of the molecule is C=S(=O)(c1ccccc1C(F)(F)F)[C@@H]1CC(C(=O)NC2(N)CC2)N(c2nc(Cl)ns2)C1. The molecule has 0 spiro atoms. The summed E-state index contributed by atoms with van der Waals surface area (Å²) < 4.78 is 58.2. The van der Waals surface area contributed by atoms with Crippen LogP contribution in [0, 0.1) is 0 Å². The largest absolute Gasteiger partial charge is 0.417 e. The third-order valence-corrected chi connectivity index (χ3v) is 9.01. The van der Waals surface area contributed by atoms with Crippen LogP contribution >= 0.6 is 23.1 Å². The number of hydrogen-bond acceptors (Lipinski definition) is 7. The Morgan fingerprint density at radius 3 is 2.65 bits per heavy atom. The number of halogens is 4. The van der Waals surface area contributed by atoms with Gasteiger partial charge in [0.1, 0.15) is 6.04 Å². The molecule has 3 atom stereocenters. The summed E-state index contributed by atoms with van der Waals surface area (Å²) in [6.07, 6.45) is -3.40. The third-order valence-electron chi connectivity index (χ3n) is 5.47. The van der Waals surface area contributed by atoms with Crippen molar-refractivity contribution in [2.75, 3.05) is 11.4 Å². The highest BCUT2D eigenvalue weighted by atomic mass is 35.5. The number of benzene rings is 1. The fourth-order valence-corrected chi connectivity index (χ4v) is 6.60. The fraction of sp³-hybridized carbons (Fsp3) is 0.444. The molecule has 0 bridgehead atoms. The van der Waals surface area contributed by atoms with E-state index in [1.54, 1.807) is 4.90 Å². The van der Waals surface area contributed by atoms with Crippen LogP contribution in [0.4, 0.5) is 18.3 Å². The summed E-state index contributed by atoms with van der Waals surface area (Å²) in [6, 6.07) is 3.85. The summed E-state index contributed by atoms with van der Waals surface area (Å²) in [4.78, 5) is 18.2. The zero-order valence-electron chi connectivity index (χ0n) is 16.1. The number of carbonyl (C=O) groups is 1. The van der Waals surface area contributed by atoms with Crippen molar-refractivity contribution in [1.82, 2.24) is 14.7 Å². The van der Waals surface area contributed by atoms with Crippen molar-refractivity contribution in [3.05, 3.63) is 35.1 Å². The van der Waals surface area contributed by atoms with Gasteiger partial charge in [-0.15, -0.1) is 0 Å². The lowest BCUT2D eigenvalue weighted by Crippen LogP contribution is -2.51. The zero-order valence-corrected chi connectivity index (χ0v) is 18.5. The van der Waals surface area contributed by atoms with Crippen LogP contribution in [0.2, 0.25) is 5.28 Å². The van der Waals surface area contributed by atoms with Crippen molar-refractivity contribution in [2.24, 2.45) is 5.73 Å². The molecule has 1 amide bonds. The molecule has 2 heterocycles. The Labute approximate surface area is 186 Å². The van der Waals surface area contributed by atoms with Crippen molar-refractivity contribution in [2.45, 2.75) is 47.3 Å². The maximum Gasteiger partial charge on any atom is 0.417 e. The van der Waals surface area contributed by atoms with E-state index in [0.717, 1.165) is 17.6 Å². The first-order valence-corrected chi connectivity index (χ1v) is 12.2. The first kappa shape index (κ1) is 22.3. The summed E-state index contributed by atoms with van der Waals surface area (Å²) in [5, 5.41) is 2.22. The molecule has 3 N–H and O–H groups in total. The lowest BCUT2D eigenvalue weighted by atomic mass is 10.2. The maximum atomic E-state index is 13.7. The minimum absolute atomic E-state index is 0.00963. The zero-order chi connectivity index (χ0) is 22.6. The van der Waals surface area contributed by atoms with Gasteiger partial charge in [0, 0.05) is 32.5 Å². The summed E-state index contributed by atoms with van der Waals surface area (Å²) in [6.45, 7) is 0.00963. The Kier molecular flexibility index (Phi) is 5.48. The number of hydrogen-bond donors (Lipinski definition) is 2. The van der Waals surface area contributed by atoms with Gasteiger partial charge in [-0.25, -0.2) is 0 Å². The quantitative estimate of drug-likeness (QED) is 0.490. The number of aromatic nitrogens is 2. The molecule has 4 rings (SSSR count). The number of rotatable bonds is 5. The standard InChI is InChI=1S/C18H19ClF3N5O2S2/c1-31(29,13-5-3-2-4-11(13)18(20,21)22)10-8-12(14(28)25-17(23)6-7-17)27(9-10)16-24-15(19)26-30-16/h2-5,10,12H,1,6-9,23H2,(H,25,28)/t10-,12?,31?/m1/s1. The number of nitrogens with zero attached hydrogens (tertiary/aromatic N) is 3. The van der Waals surface area contributed by atoms with Crippen LogP contribution < -0.4 is 16.0 Å². The summed E-state index contributed by atoms with van der Waals surface area (Å²) in [5.41, 5.74) is 4.22. The van der Waals surface area contributed by atoms with E-state index in [2.05, 4.69) is 20.5 Å². The van der Waals surface area contributed by atoms with Crippen molar-refractivity contribution in [1.29, 1.82) is 0 Å².